The Bertz CT molecular complexity index is 6140. The number of halogens is 5. The van der Waals surface area contributed by atoms with E-state index in [1.807, 2.05) is 76.0 Å². The molecule has 100 heavy (non-hydrogen) atoms. The molecule has 12 heterocycles. The Balaban J connectivity index is 0.000000120. The van der Waals surface area contributed by atoms with Gasteiger partial charge < -0.3 is 24.4 Å². The van der Waals surface area contributed by atoms with Gasteiger partial charge in [0, 0.05) is 110 Å². The fourth-order valence-electron chi connectivity index (χ4n) is 11.2. The van der Waals surface area contributed by atoms with Gasteiger partial charge in [0.15, 0.2) is 5.15 Å². The molecule has 1 N–H and O–H groups in total. The summed E-state index contributed by atoms with van der Waals surface area (Å²) in [5, 5.41) is 16.2. The molecule has 0 aliphatic rings. The smallest absolute Gasteiger partial charge is 0.293 e. The molecule has 12 aromatic heterocycles. The molecule has 16 aromatic rings. The maximum Gasteiger partial charge on any atom is 0.293 e. The number of thiophene rings is 4. The highest BCUT2D eigenvalue weighted by atomic mass is 35.5. The number of aromatic nitrogens is 12. The highest BCUT2D eigenvalue weighted by Crippen LogP contribution is 2.43. The van der Waals surface area contributed by atoms with Gasteiger partial charge in [0.1, 0.15) is 60.7 Å². The number of hydrogen-bond acceptors (Lipinski definition) is 20. The lowest BCUT2D eigenvalue weighted by molar-refractivity contribution is -0.903. The van der Waals surface area contributed by atoms with Gasteiger partial charge in [0.05, 0.1) is 87.6 Å². The molecule has 0 atom stereocenters. The van der Waals surface area contributed by atoms with Crippen molar-refractivity contribution in [3.05, 3.63) is 238 Å². The van der Waals surface area contributed by atoms with Crippen LogP contribution in [0.15, 0.2) is 179 Å². The maximum atomic E-state index is 13.0. The zero-order valence-corrected chi connectivity index (χ0v) is 60.8. The number of anilines is 4. The molecule has 16 rings (SSSR count). The van der Waals surface area contributed by atoms with E-state index in [1.165, 1.54) is 82.6 Å². The molecule has 0 radical (unpaired) electrons. The van der Waals surface area contributed by atoms with Crippen molar-refractivity contribution in [1.29, 1.82) is 0 Å². The van der Waals surface area contributed by atoms with Gasteiger partial charge in [-0.05, 0) is 97.1 Å². The first kappa shape index (κ1) is 68.3. The lowest BCUT2D eigenvalue weighted by atomic mass is 10.2. The monoisotopic (exact) mass is 1500 g/mol. The van der Waals surface area contributed by atoms with Crippen LogP contribution in [-0.4, -0.2) is 115 Å². The summed E-state index contributed by atoms with van der Waals surface area (Å²) < 4.78 is 12.8. The molecule has 0 bridgehead atoms. The summed E-state index contributed by atoms with van der Waals surface area (Å²) in [7, 11) is 15.2. The number of nitrogens with zero attached hydrogens (tertiary/aromatic N) is 17. The number of benzene rings is 4. The van der Waals surface area contributed by atoms with Crippen LogP contribution >= 0.6 is 103 Å². The SMILES string of the molecule is CN(C)c1c(Cl)ncc2sc3c(=O)n(-c4ccc(Cl)cc4)cnc3c12.CN(C)c1c[n+](O)cc2sc3c(=O)n(-c4ccc(Cl)cc4)cnc3c12.CN(C)c1cncc2sc3c(=O)n(-c4ccc(Cl)cc4)cnc3c12.[C-]#[N+]c1ncc2sc3c(=O)n(-c4ccc(Cl)cc4)cnc3c2c1N(C)C. The number of pyridine rings is 4. The van der Waals surface area contributed by atoms with Crippen LogP contribution in [0, 0.1) is 6.57 Å². The predicted octanol–water partition coefficient (Wildman–Crippen LogP) is 15.2. The Morgan fingerprint density at radius 2 is 0.730 bits per heavy atom. The van der Waals surface area contributed by atoms with Crippen molar-refractivity contribution in [3.63, 3.8) is 0 Å². The van der Waals surface area contributed by atoms with Crippen molar-refractivity contribution in [2.45, 2.75) is 0 Å². The Morgan fingerprint density at radius 3 is 1.09 bits per heavy atom. The van der Waals surface area contributed by atoms with Gasteiger partial charge in [-0.1, -0.05) is 64.6 Å². The fourth-order valence-corrected chi connectivity index (χ4v) is 16.3. The molecule has 31 heteroatoms. The minimum absolute atomic E-state index is 0.0896. The third-order valence-electron chi connectivity index (χ3n) is 15.8. The number of fused-ring (bicyclic) bond motifs is 12. The van der Waals surface area contributed by atoms with Gasteiger partial charge in [-0.2, -0.15) is 0 Å². The predicted molar refractivity (Wildman–Crippen MR) is 410 cm³/mol. The fraction of sp³-hybridized carbons (Fsp3) is 0.116. The Kier molecular flexibility index (Phi) is 19.0. The molecule has 0 aliphatic carbocycles. The molecule has 0 spiro atoms. The standard InChI is InChI=1S/C18H12ClN5OS.C17H12Cl2N4OS.C17H14ClN4O2S.C17H13ClN4OS/c1-20-17-15(23(2)3)13-12(8-21-17)26-16-14(13)22-9-24(18(16)25)11-6-4-10(19)5-7-11;1-22(2)14-12-11(7-20-16(14)19)25-15-13(12)21-8-23(17(15)24)10-5-3-9(18)4-6-10;1-20(2)12-7-21(24)8-13-14(12)15-16(25-13)17(23)22(9-19-15)11-5-3-10(18)4-6-11;1-21(2)12-7-19-8-13-14(12)15-16(24-13)17(23)22(9-20-15)11-5-3-10(18)4-6-11/h4-9H,2-3H3;3-8H,1-2H3;3-9,24H,1-2H3;3-9H,1-2H3/q;;+1;. The quantitative estimate of drug-likeness (QED) is 0.0647. The molecular weight excluding hydrogens is 1450 g/mol. The Morgan fingerprint density at radius 1 is 0.400 bits per heavy atom. The third kappa shape index (κ3) is 12.8. The zero-order chi connectivity index (χ0) is 70.7. The second-order valence-electron chi connectivity index (χ2n) is 23.0. The maximum absolute atomic E-state index is 13.0. The zero-order valence-electron chi connectivity index (χ0n) is 53.7. The number of rotatable bonds is 8. The normalized spacial score (nSPS) is 11.2. The van der Waals surface area contributed by atoms with Crippen molar-refractivity contribution in [1.82, 2.24) is 53.2 Å². The van der Waals surface area contributed by atoms with Crippen molar-refractivity contribution in [2.24, 2.45) is 0 Å². The van der Waals surface area contributed by atoms with Gasteiger partial charge >= 0.3 is 0 Å². The molecule has 0 aliphatic heterocycles. The van der Waals surface area contributed by atoms with Gasteiger partial charge in [0.2, 0.25) is 12.4 Å². The first-order chi connectivity index (χ1) is 48.0. The summed E-state index contributed by atoms with van der Waals surface area (Å²) in [5.41, 5.74) is 8.10. The molecule has 500 valence electrons. The first-order valence-corrected chi connectivity index (χ1v) is 34.9. The van der Waals surface area contributed by atoms with Gasteiger partial charge in [0.25, 0.3) is 28.1 Å². The van der Waals surface area contributed by atoms with E-state index in [0.717, 1.165) is 73.3 Å². The van der Waals surface area contributed by atoms with Crippen molar-refractivity contribution < 1.29 is 9.94 Å². The molecule has 0 saturated carbocycles. The molecule has 22 nitrogen and oxygen atoms in total. The summed E-state index contributed by atoms with van der Waals surface area (Å²) in [5.74, 6) is 0.297. The summed E-state index contributed by atoms with van der Waals surface area (Å²) in [6.45, 7) is 7.36. The molecule has 0 unspecified atom stereocenters. The van der Waals surface area contributed by atoms with Gasteiger partial charge in [-0.25, -0.2) is 24.9 Å². The minimum Gasteiger partial charge on any atom is -0.384 e. The lowest BCUT2D eigenvalue weighted by Gasteiger charge is -2.15. The molecule has 4 aromatic carbocycles. The summed E-state index contributed by atoms with van der Waals surface area (Å²) >= 11 is 35.4. The largest absolute Gasteiger partial charge is 0.384 e. The van der Waals surface area contributed by atoms with Crippen LogP contribution in [0.1, 0.15) is 0 Å². The van der Waals surface area contributed by atoms with Crippen LogP contribution < -0.4 is 46.6 Å². The molecule has 0 fully saturated rings. The topological polar surface area (TPSA) is 220 Å². The van der Waals surface area contributed by atoms with E-state index in [4.69, 9.17) is 64.6 Å². The van der Waals surface area contributed by atoms with Crippen LogP contribution in [0.5, 0.6) is 0 Å². The second-order valence-corrected chi connectivity index (χ2v) is 29.3. The van der Waals surface area contributed by atoms with Crippen LogP contribution in [0.4, 0.5) is 28.6 Å². The molecular formula is C69H51Cl5N17O5S4+. The van der Waals surface area contributed by atoms with Crippen LogP contribution in [0.25, 0.3) is 109 Å². The average molecular weight is 1500 g/mol. The first-order valence-electron chi connectivity index (χ1n) is 29.8. The summed E-state index contributed by atoms with van der Waals surface area (Å²) in [4.78, 5) is 93.9. The average Bonchev–Trinajstić information content (AvgIpc) is 1.61. The van der Waals surface area contributed by atoms with Crippen LogP contribution in [0.2, 0.25) is 25.2 Å². The van der Waals surface area contributed by atoms with E-state index in [0.29, 0.717) is 89.2 Å². The number of hydrogen-bond donors (Lipinski definition) is 1. The lowest BCUT2D eigenvalue weighted by Crippen LogP contribution is -2.30. The van der Waals surface area contributed by atoms with Crippen molar-refractivity contribution in [3.8, 4) is 22.7 Å². The van der Waals surface area contributed by atoms with Crippen molar-refractivity contribution >= 4 is 213 Å². The van der Waals surface area contributed by atoms with E-state index in [9.17, 15) is 24.4 Å². The van der Waals surface area contributed by atoms with E-state index >= 15 is 0 Å². The van der Waals surface area contributed by atoms with E-state index < -0.39 is 0 Å². The molecule has 0 amide bonds. The van der Waals surface area contributed by atoms with Gasteiger partial charge in [-0.3, -0.25) is 47.6 Å². The Labute approximate surface area is 607 Å². The summed E-state index contributed by atoms with van der Waals surface area (Å²) in [6, 6.07) is 28.2. The van der Waals surface area contributed by atoms with E-state index in [-0.39, 0.29) is 22.2 Å². The van der Waals surface area contributed by atoms with E-state index in [1.54, 1.807) is 141 Å². The summed E-state index contributed by atoms with van der Waals surface area (Å²) in [6.07, 6.45) is 16.2. The highest BCUT2D eigenvalue weighted by molar-refractivity contribution is 7.27. The highest BCUT2D eigenvalue weighted by Gasteiger charge is 2.25. The van der Waals surface area contributed by atoms with Gasteiger partial charge in [-0.15, -0.1) is 50.3 Å². The van der Waals surface area contributed by atoms with Crippen LogP contribution in [0.3, 0.4) is 0 Å². The minimum atomic E-state index is -0.160. The van der Waals surface area contributed by atoms with Crippen molar-refractivity contribution in [2.75, 3.05) is 76.0 Å². The third-order valence-corrected chi connectivity index (χ3v) is 21.5. The van der Waals surface area contributed by atoms with Crippen LogP contribution in [-0.2, 0) is 0 Å². The molecule has 0 saturated heterocycles. The second kappa shape index (κ2) is 27.9. The van der Waals surface area contributed by atoms with E-state index in [2.05, 4.69) is 39.7 Å². The Hall–Kier alpha value is -10.2.